The molecule has 0 atom stereocenters. The highest BCUT2D eigenvalue weighted by atomic mass is 79.9. The van der Waals surface area contributed by atoms with Gasteiger partial charge in [0.25, 0.3) is 0 Å². The van der Waals surface area contributed by atoms with Crippen LogP contribution in [-0.4, -0.2) is 0 Å². The summed E-state index contributed by atoms with van der Waals surface area (Å²) < 4.78 is 1.09. The molecule has 1 nitrogen and oxygen atoms in total. The summed E-state index contributed by atoms with van der Waals surface area (Å²) in [5.74, 6) is 0. The van der Waals surface area contributed by atoms with Crippen molar-refractivity contribution < 1.29 is 0 Å². The number of anilines is 1. The van der Waals surface area contributed by atoms with Crippen LogP contribution >= 0.6 is 28.3 Å². The molecule has 0 aliphatic heterocycles. The number of hydrogen-bond acceptors (Lipinski definition) is 1. The molecular weight excluding hydrogens is 273 g/mol. The second-order valence-corrected chi connectivity index (χ2v) is 4.04. The average Bonchev–Trinajstić information content (AvgIpc) is 2.21. The van der Waals surface area contributed by atoms with E-state index in [0.29, 0.717) is 0 Å². The fraction of sp³-hybridized carbons (Fsp3) is 0. The van der Waals surface area contributed by atoms with Crippen LogP contribution in [0.15, 0.2) is 53.0 Å². The molecule has 0 saturated carbocycles. The van der Waals surface area contributed by atoms with Crippen LogP contribution in [-0.2, 0) is 0 Å². The standard InChI is InChI=1S/C12H10BrN.ClH/c13-11-5-1-9(2-6-11)10-3-7-12(14)8-4-10;/h1-8H,14H2;1H. The minimum absolute atomic E-state index is 0. The highest BCUT2D eigenvalue weighted by Gasteiger charge is 1.96. The van der Waals surface area contributed by atoms with Crippen molar-refractivity contribution in [3.63, 3.8) is 0 Å². The molecule has 0 fully saturated rings. The van der Waals surface area contributed by atoms with E-state index in [9.17, 15) is 0 Å². The monoisotopic (exact) mass is 283 g/mol. The largest absolute Gasteiger partial charge is 0.399 e. The van der Waals surface area contributed by atoms with Gasteiger partial charge in [0, 0.05) is 10.2 Å². The first kappa shape index (κ1) is 12.1. The summed E-state index contributed by atoms with van der Waals surface area (Å²) >= 11 is 3.41. The van der Waals surface area contributed by atoms with Gasteiger partial charge in [0.2, 0.25) is 0 Å². The smallest absolute Gasteiger partial charge is 0.0314 e. The Hall–Kier alpha value is -0.990. The Morgan fingerprint density at radius 1 is 0.733 bits per heavy atom. The second-order valence-electron chi connectivity index (χ2n) is 3.13. The lowest BCUT2D eigenvalue weighted by atomic mass is 10.1. The predicted octanol–water partition coefficient (Wildman–Crippen LogP) is 4.12. The van der Waals surface area contributed by atoms with Crippen LogP contribution in [0.3, 0.4) is 0 Å². The van der Waals surface area contributed by atoms with Gasteiger partial charge in [0.15, 0.2) is 0 Å². The van der Waals surface area contributed by atoms with Gasteiger partial charge in [-0.1, -0.05) is 40.2 Å². The Bertz CT molecular complexity index is 379. The second kappa shape index (κ2) is 5.19. The molecule has 2 rings (SSSR count). The summed E-state index contributed by atoms with van der Waals surface area (Å²) in [6.07, 6.45) is 0. The van der Waals surface area contributed by atoms with Crippen LogP contribution in [0.4, 0.5) is 5.69 Å². The molecule has 3 heteroatoms. The van der Waals surface area contributed by atoms with E-state index in [1.807, 2.05) is 36.4 Å². The number of benzene rings is 2. The first-order chi connectivity index (χ1) is 6.75. The van der Waals surface area contributed by atoms with E-state index in [-0.39, 0.29) is 12.4 Å². The van der Waals surface area contributed by atoms with Gasteiger partial charge < -0.3 is 5.73 Å². The zero-order chi connectivity index (χ0) is 9.97. The Morgan fingerprint density at radius 2 is 1.13 bits per heavy atom. The molecular formula is C12H11BrClN. The number of hydrogen-bond donors (Lipinski definition) is 1. The molecule has 2 aromatic rings. The summed E-state index contributed by atoms with van der Waals surface area (Å²) in [7, 11) is 0. The highest BCUT2D eigenvalue weighted by molar-refractivity contribution is 9.10. The Morgan fingerprint density at radius 3 is 1.60 bits per heavy atom. The number of halogens is 2. The van der Waals surface area contributed by atoms with Crippen molar-refractivity contribution in [1.29, 1.82) is 0 Å². The summed E-state index contributed by atoms with van der Waals surface area (Å²) in [4.78, 5) is 0. The van der Waals surface area contributed by atoms with Crippen molar-refractivity contribution in [3.8, 4) is 11.1 Å². The van der Waals surface area contributed by atoms with Crippen LogP contribution in [0.2, 0.25) is 0 Å². The number of nitrogens with two attached hydrogens (primary N) is 1. The van der Waals surface area contributed by atoms with Crippen LogP contribution in [0.5, 0.6) is 0 Å². The molecule has 78 valence electrons. The van der Waals surface area contributed by atoms with E-state index < -0.39 is 0 Å². The Labute approximate surface area is 104 Å². The topological polar surface area (TPSA) is 26.0 Å². The normalized spacial score (nSPS) is 9.40. The maximum atomic E-state index is 5.62. The zero-order valence-electron chi connectivity index (χ0n) is 7.98. The minimum atomic E-state index is 0. The molecule has 0 bridgehead atoms. The zero-order valence-corrected chi connectivity index (χ0v) is 10.4. The van der Waals surface area contributed by atoms with Crippen molar-refractivity contribution in [2.24, 2.45) is 0 Å². The average molecular weight is 285 g/mol. The molecule has 0 heterocycles. The molecule has 0 spiro atoms. The lowest BCUT2D eigenvalue weighted by Crippen LogP contribution is -1.83. The lowest BCUT2D eigenvalue weighted by Gasteiger charge is -2.01. The Kier molecular flexibility index (Phi) is 4.18. The third kappa shape index (κ3) is 2.98. The molecule has 0 amide bonds. The molecule has 0 unspecified atom stereocenters. The molecule has 0 saturated heterocycles. The van der Waals surface area contributed by atoms with Crippen LogP contribution < -0.4 is 5.73 Å². The molecule has 0 aliphatic rings. The highest BCUT2D eigenvalue weighted by Crippen LogP contribution is 2.22. The van der Waals surface area contributed by atoms with Gasteiger partial charge in [-0.3, -0.25) is 0 Å². The quantitative estimate of drug-likeness (QED) is 0.783. The lowest BCUT2D eigenvalue weighted by molar-refractivity contribution is 1.59. The van der Waals surface area contributed by atoms with Crippen molar-refractivity contribution in [2.75, 3.05) is 5.73 Å². The molecule has 0 aromatic heterocycles. The third-order valence-corrected chi connectivity index (χ3v) is 2.62. The van der Waals surface area contributed by atoms with Crippen molar-refractivity contribution >= 4 is 34.0 Å². The van der Waals surface area contributed by atoms with Crippen LogP contribution in [0, 0.1) is 0 Å². The van der Waals surface area contributed by atoms with Gasteiger partial charge >= 0.3 is 0 Å². The predicted molar refractivity (Wildman–Crippen MR) is 71.2 cm³/mol. The van der Waals surface area contributed by atoms with E-state index >= 15 is 0 Å². The van der Waals surface area contributed by atoms with Crippen molar-refractivity contribution in [2.45, 2.75) is 0 Å². The van der Waals surface area contributed by atoms with Crippen molar-refractivity contribution in [3.05, 3.63) is 53.0 Å². The van der Waals surface area contributed by atoms with Crippen LogP contribution in [0.25, 0.3) is 11.1 Å². The summed E-state index contributed by atoms with van der Waals surface area (Å²) in [5.41, 5.74) is 8.81. The maximum absolute atomic E-state index is 5.62. The van der Waals surface area contributed by atoms with Crippen molar-refractivity contribution in [1.82, 2.24) is 0 Å². The first-order valence-corrected chi connectivity index (χ1v) is 5.16. The van der Waals surface area contributed by atoms with Gasteiger partial charge in [-0.15, -0.1) is 12.4 Å². The van der Waals surface area contributed by atoms with Gasteiger partial charge in [-0.2, -0.15) is 0 Å². The summed E-state index contributed by atoms with van der Waals surface area (Å²) in [6, 6.07) is 16.1. The molecule has 0 radical (unpaired) electrons. The third-order valence-electron chi connectivity index (χ3n) is 2.09. The van der Waals surface area contributed by atoms with E-state index in [4.69, 9.17) is 5.73 Å². The Balaban J connectivity index is 0.00000112. The summed E-state index contributed by atoms with van der Waals surface area (Å²) in [5, 5.41) is 0. The van der Waals surface area contributed by atoms with Gasteiger partial charge in [-0.05, 0) is 35.4 Å². The van der Waals surface area contributed by atoms with E-state index in [1.165, 1.54) is 11.1 Å². The van der Waals surface area contributed by atoms with Gasteiger partial charge in [0.05, 0.1) is 0 Å². The summed E-state index contributed by atoms with van der Waals surface area (Å²) in [6.45, 7) is 0. The minimum Gasteiger partial charge on any atom is -0.399 e. The fourth-order valence-electron chi connectivity index (χ4n) is 1.32. The molecule has 2 aromatic carbocycles. The molecule has 0 aliphatic carbocycles. The van der Waals surface area contributed by atoms with Crippen LogP contribution in [0.1, 0.15) is 0 Å². The van der Waals surface area contributed by atoms with E-state index in [0.717, 1.165) is 10.2 Å². The van der Waals surface area contributed by atoms with Gasteiger partial charge in [0.1, 0.15) is 0 Å². The van der Waals surface area contributed by atoms with E-state index in [2.05, 4.69) is 28.1 Å². The van der Waals surface area contributed by atoms with E-state index in [1.54, 1.807) is 0 Å². The number of rotatable bonds is 1. The number of nitrogen functional groups attached to an aromatic ring is 1. The van der Waals surface area contributed by atoms with Gasteiger partial charge in [-0.25, -0.2) is 0 Å². The molecule has 15 heavy (non-hydrogen) atoms. The molecule has 2 N–H and O–H groups in total. The first-order valence-electron chi connectivity index (χ1n) is 4.37. The SMILES string of the molecule is Cl.Nc1ccc(-c2ccc(Br)cc2)cc1. The fourth-order valence-corrected chi connectivity index (χ4v) is 1.58. The maximum Gasteiger partial charge on any atom is 0.0314 e.